The van der Waals surface area contributed by atoms with Gasteiger partial charge in [-0.15, -0.1) is 0 Å². The van der Waals surface area contributed by atoms with Crippen LogP contribution in [0.15, 0.2) is 60.7 Å². The molecule has 378 valence electrons. The monoisotopic (exact) mass is 958 g/mol. The number of benzene rings is 5. The van der Waals surface area contributed by atoms with Crippen LogP contribution in [0, 0.1) is 35.5 Å². The summed E-state index contributed by atoms with van der Waals surface area (Å²) in [7, 11) is -4.74. The minimum Gasteiger partial charge on any atom is -0.294 e. The Labute approximate surface area is 421 Å². The summed E-state index contributed by atoms with van der Waals surface area (Å²) in [6.07, 6.45) is 0. The van der Waals surface area contributed by atoms with E-state index in [-0.39, 0.29) is 44.6 Å². The molecule has 0 saturated carbocycles. The molecule has 5 aromatic carbocycles. The van der Waals surface area contributed by atoms with Crippen LogP contribution < -0.4 is 5.30 Å². The molecule has 0 amide bonds. The van der Waals surface area contributed by atoms with Gasteiger partial charge in [-0.2, -0.15) is 14.7 Å². The summed E-state index contributed by atoms with van der Waals surface area (Å²) in [5.74, 6) is 1.59. The largest absolute Gasteiger partial charge is 0.441 e. The van der Waals surface area contributed by atoms with E-state index in [0.29, 0.717) is 40.4 Å². The summed E-state index contributed by atoms with van der Waals surface area (Å²) in [6, 6.07) is 22.3. The Morgan fingerprint density at radius 3 is 1.00 bits per heavy atom. The second-order valence-electron chi connectivity index (χ2n) is 26.6. The number of hydrogen-bond acceptors (Lipinski definition) is 4. The maximum absolute atomic E-state index is 14.5. The zero-order chi connectivity index (χ0) is 52.9. The number of carbonyl (C=O) groups excluding carboxylic acids is 1. The molecule has 0 aliphatic carbocycles. The first-order valence-corrected chi connectivity index (χ1v) is 27.9. The van der Waals surface area contributed by atoms with E-state index >= 15 is 0 Å². The Kier molecular flexibility index (Phi) is 15.5. The molecule has 0 atom stereocenters. The van der Waals surface area contributed by atoms with E-state index in [1.807, 2.05) is 0 Å². The van der Waals surface area contributed by atoms with Gasteiger partial charge in [-0.05, 0) is 177 Å². The summed E-state index contributed by atoms with van der Waals surface area (Å²) in [5.41, 5.74) is 8.90. The highest BCUT2D eigenvalue weighted by Crippen LogP contribution is 2.55. The van der Waals surface area contributed by atoms with Gasteiger partial charge in [0.15, 0.2) is 11.1 Å². The van der Waals surface area contributed by atoms with Crippen LogP contribution in [0.4, 0.5) is 0 Å². The van der Waals surface area contributed by atoms with Crippen LogP contribution in [0.5, 0.6) is 0 Å². The number of hydrogen-bond donors (Lipinski definition) is 3. The van der Waals surface area contributed by atoms with Crippen LogP contribution in [0.25, 0.3) is 43.8 Å². The van der Waals surface area contributed by atoms with Gasteiger partial charge >= 0.3 is 7.94 Å². The van der Waals surface area contributed by atoms with Gasteiger partial charge in [0, 0.05) is 16.7 Å². The summed E-state index contributed by atoms with van der Waals surface area (Å²) in [4.78, 5) is 50.2. The van der Waals surface area contributed by atoms with E-state index < -0.39 is 18.8 Å². The smallest absolute Gasteiger partial charge is 0.294 e. The fourth-order valence-electron chi connectivity index (χ4n) is 9.71. The number of carbonyl (C=O) groups is 1. The lowest BCUT2D eigenvalue weighted by Gasteiger charge is -2.38. The van der Waals surface area contributed by atoms with Gasteiger partial charge in [0.2, 0.25) is 0 Å². The van der Waals surface area contributed by atoms with Crippen LogP contribution in [0.2, 0.25) is 0 Å². The normalized spacial score (nSPS) is 14.1. The highest BCUT2D eigenvalue weighted by atomic mass is 31.2. The standard InChI is InChI=1S/C64H94O4P/c1-36(2)59(14,15)45-28-43-30-52(61(18,19)38(5)6)50(34-48(43)54(32-45)63(22,23)40(9)10)57-47(42(13)65)26-27-56(69(66,67)68)58(57)51-35-49-44(31-53(51)62(20,21)39(7)8)29-46(60(16,17)37(3)4)33-55(49)64(24,25)41(11)12/h26-41,66-68H,1-25H3/q+1. The zero-order valence-electron chi connectivity index (χ0n) is 47.9. The van der Waals surface area contributed by atoms with Crippen molar-refractivity contribution < 1.29 is 19.5 Å². The highest BCUT2D eigenvalue weighted by molar-refractivity contribution is 7.67. The van der Waals surface area contributed by atoms with Gasteiger partial charge in [-0.25, -0.2) is 0 Å². The predicted octanol–water partition coefficient (Wildman–Crippen LogP) is 17.5. The molecule has 5 aromatic rings. The number of ketones is 1. The first kappa shape index (κ1) is 56.5. The van der Waals surface area contributed by atoms with Crippen LogP contribution >= 0.6 is 7.94 Å². The second-order valence-corrected chi connectivity index (χ2v) is 28.2. The second kappa shape index (κ2) is 18.9. The Hall–Kier alpha value is -3.40. The maximum Gasteiger partial charge on any atom is 0.441 e. The third-order valence-corrected chi connectivity index (χ3v) is 20.6. The number of rotatable bonds is 16. The molecule has 0 saturated heterocycles. The molecule has 0 aromatic heterocycles. The molecule has 0 unspecified atom stereocenters. The molecule has 0 heterocycles. The van der Waals surface area contributed by atoms with Gasteiger partial charge in [-0.1, -0.05) is 190 Å². The Morgan fingerprint density at radius 2 is 0.710 bits per heavy atom. The average molecular weight is 958 g/mol. The van der Waals surface area contributed by atoms with Crippen molar-refractivity contribution in [1.82, 2.24) is 0 Å². The van der Waals surface area contributed by atoms with E-state index in [1.165, 1.54) is 22.3 Å². The van der Waals surface area contributed by atoms with Crippen molar-refractivity contribution in [2.45, 2.75) is 206 Å². The summed E-state index contributed by atoms with van der Waals surface area (Å²) in [6.45, 7) is 56.9. The van der Waals surface area contributed by atoms with E-state index in [9.17, 15) is 19.5 Å². The fraction of sp³-hybridized carbons (Fsp3) is 0.578. The van der Waals surface area contributed by atoms with Gasteiger partial charge in [0.05, 0.1) is 0 Å². The molecular formula is C64H94O4P+. The van der Waals surface area contributed by atoms with Gasteiger partial charge in [-0.3, -0.25) is 4.79 Å². The highest BCUT2D eigenvalue weighted by Gasteiger charge is 2.44. The maximum atomic E-state index is 14.5. The van der Waals surface area contributed by atoms with Crippen molar-refractivity contribution in [2.24, 2.45) is 35.5 Å². The third kappa shape index (κ3) is 9.94. The van der Waals surface area contributed by atoms with E-state index in [2.05, 4.69) is 215 Å². The topological polar surface area (TPSA) is 77.8 Å². The zero-order valence-corrected chi connectivity index (χ0v) is 48.8. The predicted molar refractivity (Wildman–Crippen MR) is 303 cm³/mol. The van der Waals surface area contributed by atoms with Crippen molar-refractivity contribution in [3.63, 3.8) is 0 Å². The van der Waals surface area contributed by atoms with Crippen LogP contribution in [-0.2, 0) is 32.5 Å². The van der Waals surface area contributed by atoms with Crippen molar-refractivity contribution in [1.29, 1.82) is 0 Å². The molecule has 0 aliphatic heterocycles. The summed E-state index contributed by atoms with van der Waals surface area (Å²) < 4.78 is 0. The average Bonchev–Trinajstić information content (AvgIpc) is 3.23. The van der Waals surface area contributed by atoms with E-state index in [1.54, 1.807) is 19.1 Å². The molecular weight excluding hydrogens is 864 g/mol. The van der Waals surface area contributed by atoms with Gasteiger partial charge in [0.25, 0.3) is 0 Å². The molecule has 0 fully saturated rings. The Balaban J connectivity index is 2.25. The van der Waals surface area contributed by atoms with Crippen LogP contribution in [0.1, 0.15) is 217 Å². The van der Waals surface area contributed by atoms with Crippen molar-refractivity contribution in [3.05, 3.63) is 99.6 Å². The number of Topliss-reactive ketones (excluding diaryl/α,β-unsaturated/α-hetero) is 1. The van der Waals surface area contributed by atoms with E-state index in [0.717, 1.165) is 43.8 Å². The molecule has 4 nitrogen and oxygen atoms in total. The summed E-state index contributed by atoms with van der Waals surface area (Å²) >= 11 is 0. The minimum absolute atomic E-state index is 0.0510. The first-order chi connectivity index (χ1) is 31.2. The van der Waals surface area contributed by atoms with Crippen LogP contribution in [0.3, 0.4) is 0 Å². The molecule has 0 spiro atoms. The van der Waals surface area contributed by atoms with Crippen molar-refractivity contribution in [2.75, 3.05) is 0 Å². The molecule has 3 N–H and O–H groups in total. The Morgan fingerprint density at radius 1 is 0.406 bits per heavy atom. The van der Waals surface area contributed by atoms with Crippen molar-refractivity contribution >= 4 is 40.6 Å². The molecule has 5 heteroatoms. The number of fused-ring (bicyclic) bond motifs is 2. The quantitative estimate of drug-likeness (QED) is 0.0680. The van der Waals surface area contributed by atoms with Gasteiger partial charge < -0.3 is 0 Å². The lowest BCUT2D eigenvalue weighted by molar-refractivity contribution is 0.101. The molecule has 0 bridgehead atoms. The molecule has 0 aliphatic rings. The minimum atomic E-state index is -4.74. The fourth-order valence-corrected chi connectivity index (χ4v) is 10.5. The van der Waals surface area contributed by atoms with Crippen LogP contribution in [-0.4, -0.2) is 20.5 Å². The van der Waals surface area contributed by atoms with E-state index in [4.69, 9.17) is 0 Å². The Bertz CT molecular complexity index is 2740. The molecule has 69 heavy (non-hydrogen) atoms. The SMILES string of the molecule is CC(=O)c1ccc([P+](O)(O)O)c(-c2cc3c(C(C)(C)C(C)C)cc(C(C)(C)C(C)C)cc3cc2C(C)(C)C(C)C)c1-c1cc2c(C(C)(C)C(C)C)cc(C(C)(C)C(C)C)cc2cc1C(C)(C)C(C)C. The van der Waals surface area contributed by atoms with Gasteiger partial charge in [0.1, 0.15) is 0 Å². The summed E-state index contributed by atoms with van der Waals surface area (Å²) in [5, 5.41) is 4.53. The molecule has 5 rings (SSSR count). The third-order valence-electron chi connectivity index (χ3n) is 19.5. The first-order valence-electron chi connectivity index (χ1n) is 26.2. The molecule has 0 radical (unpaired) electrons. The lowest BCUT2D eigenvalue weighted by Crippen LogP contribution is -2.29. The lowest BCUT2D eigenvalue weighted by atomic mass is 9.66. The van der Waals surface area contributed by atoms with Crippen molar-refractivity contribution in [3.8, 4) is 22.3 Å².